The molecule has 20 heavy (non-hydrogen) atoms. The second-order valence-corrected chi connectivity index (χ2v) is 4.40. The van der Waals surface area contributed by atoms with E-state index >= 15 is 0 Å². The van der Waals surface area contributed by atoms with Gasteiger partial charge in [-0.15, -0.1) is 0 Å². The zero-order valence-corrected chi connectivity index (χ0v) is 10.9. The molecule has 0 aromatic heterocycles. The van der Waals surface area contributed by atoms with E-state index in [9.17, 15) is 43.9 Å². The van der Waals surface area contributed by atoms with Crippen molar-refractivity contribution in [1.82, 2.24) is 0 Å². The monoisotopic (exact) mass is 436 g/mol. The number of hydrogen-bond acceptors (Lipinski definition) is 2. The molecule has 0 amide bonds. The normalized spacial score (nSPS) is 17.6. The zero-order chi connectivity index (χ0) is 16.6. The van der Waals surface area contributed by atoms with E-state index in [1.165, 1.54) is 0 Å². The topological polar surface area (TPSA) is 18.5 Å². The van der Waals surface area contributed by atoms with Crippen LogP contribution in [-0.2, 0) is 9.47 Å². The quantitative estimate of drug-likeness (QED) is 0.262. The molecule has 0 aliphatic carbocycles. The van der Waals surface area contributed by atoms with Crippen molar-refractivity contribution in [1.29, 1.82) is 0 Å². The van der Waals surface area contributed by atoms with Gasteiger partial charge in [0.2, 0.25) is 0 Å². The molecule has 1 unspecified atom stereocenters. The van der Waals surface area contributed by atoms with E-state index in [1.807, 2.05) is 0 Å². The SMILES string of the molecule is C=COC(F)(F)C(F)(F)C(F)(I)OC(F)(F)C(F)(F)F. The van der Waals surface area contributed by atoms with E-state index in [4.69, 9.17) is 0 Å². The second-order valence-electron chi connectivity index (χ2n) is 3.01. The predicted octanol–water partition coefficient (Wildman–Crippen LogP) is 4.60. The highest BCUT2D eigenvalue weighted by molar-refractivity contribution is 14.1. The van der Waals surface area contributed by atoms with Crippen molar-refractivity contribution in [2.45, 2.75) is 28.2 Å². The highest BCUT2D eigenvalue weighted by atomic mass is 127. The summed E-state index contributed by atoms with van der Waals surface area (Å²) in [5, 5.41) is 0. The van der Waals surface area contributed by atoms with E-state index < -0.39 is 50.8 Å². The molecule has 0 bridgehead atoms. The number of ether oxygens (including phenoxy) is 2. The smallest absolute Gasteiger partial charge is 0.436 e. The lowest BCUT2D eigenvalue weighted by Crippen LogP contribution is -2.58. The van der Waals surface area contributed by atoms with Gasteiger partial charge in [-0.3, -0.25) is 4.74 Å². The minimum Gasteiger partial charge on any atom is -0.436 e. The maximum absolute atomic E-state index is 13.2. The Morgan fingerprint density at radius 1 is 0.800 bits per heavy atom. The lowest BCUT2D eigenvalue weighted by molar-refractivity contribution is -0.458. The summed E-state index contributed by atoms with van der Waals surface area (Å²) in [5.74, 6) is -6.19. The van der Waals surface area contributed by atoms with E-state index in [2.05, 4.69) is 16.1 Å². The van der Waals surface area contributed by atoms with Gasteiger partial charge >= 0.3 is 28.2 Å². The van der Waals surface area contributed by atoms with Gasteiger partial charge in [-0.2, -0.15) is 43.9 Å². The summed E-state index contributed by atoms with van der Waals surface area (Å²) in [4.78, 5) is 0. The highest BCUT2D eigenvalue weighted by Gasteiger charge is 2.77. The molecule has 0 fully saturated rings. The number of rotatable bonds is 6. The number of alkyl halides is 11. The first-order valence-electron chi connectivity index (χ1n) is 4.09. The van der Waals surface area contributed by atoms with Gasteiger partial charge in [0.15, 0.2) is 0 Å². The van der Waals surface area contributed by atoms with E-state index in [0.29, 0.717) is 0 Å². The van der Waals surface area contributed by atoms with Gasteiger partial charge in [-0.25, -0.2) is 0 Å². The largest absolute Gasteiger partial charge is 0.483 e. The van der Waals surface area contributed by atoms with Crippen molar-refractivity contribution in [3.05, 3.63) is 12.8 Å². The molecule has 0 radical (unpaired) electrons. The summed E-state index contributed by atoms with van der Waals surface area (Å²) in [6, 6.07) is 0. The zero-order valence-electron chi connectivity index (χ0n) is 8.76. The summed E-state index contributed by atoms with van der Waals surface area (Å²) >= 11 is -0.465. The van der Waals surface area contributed by atoms with Crippen molar-refractivity contribution in [2.24, 2.45) is 0 Å². The first-order valence-corrected chi connectivity index (χ1v) is 5.16. The summed E-state index contributed by atoms with van der Waals surface area (Å²) in [7, 11) is 0. The second kappa shape index (κ2) is 5.38. The molecule has 0 rings (SSSR count). The molecule has 120 valence electrons. The van der Waals surface area contributed by atoms with E-state index in [-0.39, 0.29) is 6.26 Å². The molecule has 0 aromatic carbocycles. The molecule has 0 saturated carbocycles. The third kappa shape index (κ3) is 3.59. The predicted molar refractivity (Wildman–Crippen MR) is 51.1 cm³/mol. The van der Waals surface area contributed by atoms with Gasteiger partial charge in [0.1, 0.15) is 0 Å². The van der Waals surface area contributed by atoms with Crippen LogP contribution in [0.15, 0.2) is 12.8 Å². The van der Waals surface area contributed by atoms with Gasteiger partial charge in [-0.05, 0) is 0 Å². The Labute approximate surface area is 117 Å². The Balaban J connectivity index is 5.48. The van der Waals surface area contributed by atoms with E-state index in [0.717, 1.165) is 0 Å². The van der Waals surface area contributed by atoms with Crippen LogP contribution in [0.3, 0.4) is 0 Å². The lowest BCUT2D eigenvalue weighted by atomic mass is 10.3. The maximum atomic E-state index is 13.2. The standard InChI is InChI=1S/C7H3F10IO2/c1-2-19-5(13,14)3(8,9)7(17,18)20-6(15,16)4(10,11)12/h2H,1H2. The fraction of sp³-hybridized carbons (Fsp3) is 0.714. The van der Waals surface area contributed by atoms with Crippen LogP contribution in [0.1, 0.15) is 0 Å². The van der Waals surface area contributed by atoms with Crippen molar-refractivity contribution in [3.8, 4) is 0 Å². The molecule has 0 saturated heterocycles. The Morgan fingerprint density at radius 3 is 1.50 bits per heavy atom. The van der Waals surface area contributed by atoms with Crippen LogP contribution in [0.4, 0.5) is 43.9 Å². The fourth-order valence-corrected chi connectivity index (χ4v) is 1.22. The molecule has 13 heteroatoms. The van der Waals surface area contributed by atoms with Gasteiger partial charge in [-0.1, -0.05) is 6.58 Å². The lowest BCUT2D eigenvalue weighted by Gasteiger charge is -2.34. The van der Waals surface area contributed by atoms with Crippen molar-refractivity contribution in [2.75, 3.05) is 0 Å². The Morgan fingerprint density at radius 2 is 1.20 bits per heavy atom. The van der Waals surface area contributed by atoms with Gasteiger partial charge in [0.05, 0.1) is 6.26 Å². The van der Waals surface area contributed by atoms with Gasteiger partial charge < -0.3 is 4.74 Å². The Hall–Kier alpha value is -0.470. The third-order valence-electron chi connectivity index (χ3n) is 1.55. The minimum absolute atomic E-state index is 0.289. The van der Waals surface area contributed by atoms with Gasteiger partial charge in [0.25, 0.3) is 0 Å². The number of hydrogen-bond donors (Lipinski definition) is 0. The van der Waals surface area contributed by atoms with Crippen molar-refractivity contribution in [3.63, 3.8) is 0 Å². The van der Waals surface area contributed by atoms with Crippen LogP contribution < -0.4 is 0 Å². The van der Waals surface area contributed by atoms with Crippen molar-refractivity contribution >= 4 is 22.6 Å². The average molecular weight is 436 g/mol. The minimum atomic E-state index is -6.60. The molecule has 0 N–H and O–H groups in total. The average Bonchev–Trinajstić information content (AvgIpc) is 2.12. The molecule has 0 aliphatic rings. The van der Waals surface area contributed by atoms with Crippen LogP contribution in [0, 0.1) is 0 Å². The van der Waals surface area contributed by atoms with Crippen LogP contribution in [0.5, 0.6) is 0 Å². The summed E-state index contributed by atoms with van der Waals surface area (Å²) in [6.45, 7) is 2.43. The molecular weight excluding hydrogens is 433 g/mol. The fourth-order valence-electron chi connectivity index (χ4n) is 0.631. The molecule has 1 atom stereocenters. The number of halogens is 11. The summed E-state index contributed by atoms with van der Waals surface area (Å²) < 4.78 is 124. The van der Waals surface area contributed by atoms with Crippen LogP contribution in [0.2, 0.25) is 0 Å². The van der Waals surface area contributed by atoms with E-state index in [1.54, 1.807) is 0 Å². The molecule has 0 aliphatic heterocycles. The van der Waals surface area contributed by atoms with Gasteiger partial charge in [0, 0.05) is 22.6 Å². The molecule has 0 spiro atoms. The molecular formula is C7H3F10IO2. The van der Waals surface area contributed by atoms with Crippen molar-refractivity contribution < 1.29 is 53.4 Å². The first kappa shape index (κ1) is 19.5. The Bertz CT molecular complexity index is 363. The maximum Gasteiger partial charge on any atom is 0.483 e. The Kier molecular flexibility index (Phi) is 5.25. The van der Waals surface area contributed by atoms with Crippen LogP contribution >= 0.6 is 22.6 Å². The molecule has 0 aromatic rings. The van der Waals surface area contributed by atoms with Crippen LogP contribution in [-0.4, -0.2) is 28.2 Å². The molecule has 0 heterocycles. The highest BCUT2D eigenvalue weighted by Crippen LogP contribution is 2.53. The summed E-state index contributed by atoms with van der Waals surface area (Å²) in [5.41, 5.74) is 0. The first-order chi connectivity index (χ1) is 8.52. The summed E-state index contributed by atoms with van der Waals surface area (Å²) in [6.07, 6.45) is -19.1. The molecule has 2 nitrogen and oxygen atoms in total. The van der Waals surface area contributed by atoms with Crippen LogP contribution in [0.25, 0.3) is 0 Å². The third-order valence-corrected chi connectivity index (χ3v) is 2.45.